The number of aromatic nitrogens is 2. The number of alkyl halides is 3. The highest BCUT2D eigenvalue weighted by atomic mass is 19.4. The zero-order chi connectivity index (χ0) is 23.6. The molecule has 1 N–H and O–H groups in total. The molecule has 0 radical (unpaired) electrons. The fourth-order valence-corrected chi connectivity index (χ4v) is 4.46. The predicted molar refractivity (Wildman–Crippen MR) is 122 cm³/mol. The number of hydrogen-bond acceptors (Lipinski definition) is 3. The molecule has 1 aliphatic rings. The number of benzene rings is 2. The van der Waals surface area contributed by atoms with Crippen LogP contribution in [0.15, 0.2) is 64.2 Å². The molecule has 0 aliphatic carbocycles. The average molecular weight is 457 g/mol. The summed E-state index contributed by atoms with van der Waals surface area (Å²) in [6, 6.07) is 15.2. The van der Waals surface area contributed by atoms with Gasteiger partial charge in [0.25, 0.3) is 5.56 Å². The zero-order valence-corrected chi connectivity index (χ0v) is 18.4. The number of nitrogens with one attached hydrogen (secondary N) is 1. The van der Waals surface area contributed by atoms with Gasteiger partial charge in [0.15, 0.2) is 0 Å². The molecule has 33 heavy (non-hydrogen) atoms. The van der Waals surface area contributed by atoms with Gasteiger partial charge in [0.05, 0.1) is 11.1 Å². The lowest BCUT2D eigenvalue weighted by Gasteiger charge is -2.34. The van der Waals surface area contributed by atoms with Crippen LogP contribution in [0.2, 0.25) is 0 Å². The summed E-state index contributed by atoms with van der Waals surface area (Å²) >= 11 is 0. The standard InChI is InChI=1S/C25H26F3N3O2/c1-30-23(32)21(16-19-8-5-9-20(15-19)25(26,27)28)22(29-24(30)33)31-12-10-18(11-13-31)14-17-6-3-2-4-7-17/h2-9,15,18H,10-14,16H2,1H3,(H,29,33). The van der Waals surface area contributed by atoms with Crippen molar-refractivity contribution in [1.29, 1.82) is 0 Å². The van der Waals surface area contributed by atoms with Gasteiger partial charge in [-0.25, -0.2) is 4.79 Å². The first-order valence-corrected chi connectivity index (χ1v) is 11.0. The number of H-pyrrole nitrogens is 1. The highest BCUT2D eigenvalue weighted by Crippen LogP contribution is 2.31. The van der Waals surface area contributed by atoms with E-state index < -0.39 is 23.0 Å². The van der Waals surface area contributed by atoms with Crippen LogP contribution in [0.4, 0.5) is 19.0 Å². The van der Waals surface area contributed by atoms with Crippen molar-refractivity contribution in [3.63, 3.8) is 0 Å². The molecule has 0 spiro atoms. The van der Waals surface area contributed by atoms with Crippen molar-refractivity contribution in [2.75, 3.05) is 18.0 Å². The molecule has 1 fully saturated rings. The van der Waals surface area contributed by atoms with Gasteiger partial charge in [-0.15, -0.1) is 0 Å². The van der Waals surface area contributed by atoms with Crippen molar-refractivity contribution < 1.29 is 13.2 Å². The van der Waals surface area contributed by atoms with Crippen LogP contribution in [0.25, 0.3) is 0 Å². The molecule has 5 nitrogen and oxygen atoms in total. The van der Waals surface area contributed by atoms with Gasteiger partial charge in [-0.1, -0.05) is 48.5 Å². The first-order valence-electron chi connectivity index (χ1n) is 11.0. The van der Waals surface area contributed by atoms with E-state index in [4.69, 9.17) is 0 Å². The third-order valence-electron chi connectivity index (χ3n) is 6.31. The van der Waals surface area contributed by atoms with Crippen molar-refractivity contribution in [2.45, 2.75) is 31.9 Å². The van der Waals surface area contributed by atoms with Crippen LogP contribution in [0, 0.1) is 5.92 Å². The minimum absolute atomic E-state index is 0.00660. The van der Waals surface area contributed by atoms with E-state index in [0.717, 1.165) is 36.0 Å². The molecule has 8 heteroatoms. The lowest BCUT2D eigenvalue weighted by atomic mass is 9.90. The first-order chi connectivity index (χ1) is 15.7. The average Bonchev–Trinajstić information content (AvgIpc) is 2.80. The molecule has 3 aromatic rings. The molecule has 0 atom stereocenters. The molecule has 0 saturated carbocycles. The highest BCUT2D eigenvalue weighted by Gasteiger charge is 2.31. The molecule has 0 bridgehead atoms. The Morgan fingerprint density at radius 1 is 0.970 bits per heavy atom. The second-order valence-electron chi connectivity index (χ2n) is 8.62. The minimum Gasteiger partial charge on any atom is -0.358 e. The number of anilines is 1. The first kappa shape index (κ1) is 22.9. The fraction of sp³-hybridized carbons (Fsp3) is 0.360. The number of rotatable bonds is 5. The Kier molecular flexibility index (Phi) is 6.44. The van der Waals surface area contributed by atoms with Crippen LogP contribution in [-0.2, 0) is 26.1 Å². The van der Waals surface area contributed by atoms with Crippen molar-refractivity contribution in [1.82, 2.24) is 9.55 Å². The molecule has 2 aromatic carbocycles. The molecule has 4 rings (SSSR count). The number of halogens is 3. The van der Waals surface area contributed by atoms with Gasteiger partial charge in [-0.3, -0.25) is 14.3 Å². The summed E-state index contributed by atoms with van der Waals surface area (Å²) in [5, 5.41) is 0. The second kappa shape index (κ2) is 9.29. The maximum Gasteiger partial charge on any atom is 0.416 e. The maximum absolute atomic E-state index is 13.1. The van der Waals surface area contributed by atoms with E-state index in [2.05, 4.69) is 17.1 Å². The van der Waals surface area contributed by atoms with Crippen molar-refractivity contribution >= 4 is 5.82 Å². The van der Waals surface area contributed by atoms with E-state index in [-0.39, 0.29) is 6.42 Å². The Balaban J connectivity index is 1.58. The van der Waals surface area contributed by atoms with Gasteiger partial charge in [-0.05, 0) is 42.4 Å². The van der Waals surface area contributed by atoms with Gasteiger partial charge in [-0.2, -0.15) is 13.2 Å². The smallest absolute Gasteiger partial charge is 0.358 e. The van der Waals surface area contributed by atoms with Gasteiger partial charge < -0.3 is 4.90 Å². The van der Waals surface area contributed by atoms with Crippen LogP contribution in [0.3, 0.4) is 0 Å². The van der Waals surface area contributed by atoms with Crippen LogP contribution >= 0.6 is 0 Å². The van der Waals surface area contributed by atoms with E-state index in [1.54, 1.807) is 6.07 Å². The predicted octanol–water partition coefficient (Wildman–Crippen LogP) is 4.14. The lowest BCUT2D eigenvalue weighted by Crippen LogP contribution is -2.42. The Bertz CT molecular complexity index is 1220. The number of nitrogens with zero attached hydrogens (tertiary/aromatic N) is 2. The quantitative estimate of drug-likeness (QED) is 0.627. The molecule has 1 aliphatic heterocycles. The van der Waals surface area contributed by atoms with Crippen LogP contribution < -0.4 is 16.1 Å². The van der Waals surface area contributed by atoms with Gasteiger partial charge in [0, 0.05) is 26.6 Å². The number of piperidine rings is 1. The molecule has 174 valence electrons. The third kappa shape index (κ3) is 5.21. The van der Waals surface area contributed by atoms with E-state index >= 15 is 0 Å². The highest BCUT2D eigenvalue weighted by molar-refractivity contribution is 5.48. The maximum atomic E-state index is 13.1. The largest absolute Gasteiger partial charge is 0.416 e. The molecule has 1 aromatic heterocycles. The summed E-state index contributed by atoms with van der Waals surface area (Å²) < 4.78 is 40.4. The number of aromatic amines is 1. The molecular formula is C25H26F3N3O2. The summed E-state index contributed by atoms with van der Waals surface area (Å²) in [4.78, 5) is 30.0. The lowest BCUT2D eigenvalue weighted by molar-refractivity contribution is -0.137. The summed E-state index contributed by atoms with van der Waals surface area (Å²) in [7, 11) is 1.37. The van der Waals surface area contributed by atoms with Crippen LogP contribution in [0.1, 0.15) is 35.1 Å². The van der Waals surface area contributed by atoms with Crippen LogP contribution in [0.5, 0.6) is 0 Å². The van der Waals surface area contributed by atoms with E-state index in [0.29, 0.717) is 36.0 Å². The SMILES string of the molecule is Cn1c(=O)[nH]c(N2CCC(Cc3ccccc3)CC2)c(Cc2cccc(C(F)(F)F)c2)c1=O. The summed E-state index contributed by atoms with van der Waals surface area (Å²) in [5.41, 5.74) is 0.173. The molecular weight excluding hydrogens is 431 g/mol. The third-order valence-corrected chi connectivity index (χ3v) is 6.31. The molecule has 1 saturated heterocycles. The zero-order valence-electron chi connectivity index (χ0n) is 18.4. The molecule has 2 heterocycles. The second-order valence-corrected chi connectivity index (χ2v) is 8.62. The summed E-state index contributed by atoms with van der Waals surface area (Å²) in [6.45, 7) is 1.33. The van der Waals surface area contributed by atoms with E-state index in [1.807, 2.05) is 23.1 Å². The Morgan fingerprint density at radius 3 is 2.30 bits per heavy atom. The normalized spacial score (nSPS) is 15.1. The van der Waals surface area contributed by atoms with E-state index in [1.165, 1.54) is 18.7 Å². The van der Waals surface area contributed by atoms with Crippen molar-refractivity contribution in [3.05, 3.63) is 97.7 Å². The van der Waals surface area contributed by atoms with Gasteiger partial charge in [0.1, 0.15) is 5.82 Å². The minimum atomic E-state index is -4.46. The summed E-state index contributed by atoms with van der Waals surface area (Å²) in [6.07, 6.45) is -1.69. The molecule has 0 unspecified atom stereocenters. The monoisotopic (exact) mass is 457 g/mol. The summed E-state index contributed by atoms with van der Waals surface area (Å²) in [5.74, 6) is 0.910. The Labute approximate surface area is 189 Å². The van der Waals surface area contributed by atoms with Crippen molar-refractivity contribution in [3.8, 4) is 0 Å². The fourth-order valence-electron chi connectivity index (χ4n) is 4.46. The molecule has 0 amide bonds. The van der Waals surface area contributed by atoms with Gasteiger partial charge >= 0.3 is 11.9 Å². The van der Waals surface area contributed by atoms with Gasteiger partial charge in [0.2, 0.25) is 0 Å². The van der Waals surface area contributed by atoms with E-state index in [9.17, 15) is 22.8 Å². The van der Waals surface area contributed by atoms with Crippen molar-refractivity contribution in [2.24, 2.45) is 13.0 Å². The Morgan fingerprint density at radius 2 is 1.64 bits per heavy atom. The van der Waals surface area contributed by atoms with Crippen LogP contribution in [-0.4, -0.2) is 22.6 Å². The number of hydrogen-bond donors (Lipinski definition) is 1. The Hall–Kier alpha value is -3.29. The topological polar surface area (TPSA) is 58.1 Å².